The fourth-order valence-electron chi connectivity index (χ4n) is 3.41. The molecule has 1 N–H and O–H groups in total. The molecule has 1 aliphatic rings. The number of nitrogens with one attached hydrogen (secondary N) is 1. The summed E-state index contributed by atoms with van der Waals surface area (Å²) in [5.41, 5.74) is 0. The van der Waals surface area contributed by atoms with Gasteiger partial charge in [-0.15, -0.1) is 11.3 Å². The van der Waals surface area contributed by atoms with Crippen LogP contribution in [-0.2, 0) is 21.4 Å². The summed E-state index contributed by atoms with van der Waals surface area (Å²) < 4.78 is 29.8. The number of amides is 1. The zero-order valence-electron chi connectivity index (χ0n) is 17.4. The van der Waals surface area contributed by atoms with E-state index in [4.69, 9.17) is 0 Å². The summed E-state index contributed by atoms with van der Waals surface area (Å²) in [6.07, 6.45) is 3.86. The molecule has 1 aliphatic heterocycles. The van der Waals surface area contributed by atoms with Crippen molar-refractivity contribution in [3.05, 3.63) is 53.4 Å². The van der Waals surface area contributed by atoms with Crippen LogP contribution in [0.1, 0.15) is 17.6 Å². The van der Waals surface area contributed by atoms with E-state index in [1.165, 1.54) is 22.6 Å². The molecule has 0 aliphatic carbocycles. The van der Waals surface area contributed by atoms with Gasteiger partial charge in [0.1, 0.15) is 21.7 Å². The van der Waals surface area contributed by atoms with Crippen molar-refractivity contribution in [1.82, 2.24) is 24.2 Å². The van der Waals surface area contributed by atoms with Crippen molar-refractivity contribution in [2.24, 2.45) is 0 Å². The van der Waals surface area contributed by atoms with Crippen molar-refractivity contribution in [2.75, 3.05) is 31.1 Å². The van der Waals surface area contributed by atoms with Gasteiger partial charge >= 0.3 is 0 Å². The van der Waals surface area contributed by atoms with Crippen LogP contribution in [0.25, 0.3) is 5.82 Å². The van der Waals surface area contributed by atoms with Crippen LogP contribution in [0.5, 0.6) is 0 Å². The number of carbonyl (C=O) groups excluding carboxylic acids is 1. The van der Waals surface area contributed by atoms with E-state index in [2.05, 4.69) is 20.2 Å². The van der Waals surface area contributed by atoms with Crippen LogP contribution in [0.4, 0.5) is 5.82 Å². The van der Waals surface area contributed by atoms with Crippen LogP contribution in [-0.4, -0.2) is 59.3 Å². The largest absolute Gasteiger partial charge is 0.354 e. The predicted molar refractivity (Wildman–Crippen MR) is 119 cm³/mol. The SMILES string of the molecule is CC(=O)NCc1ccc(S(=O)(=O)N2CCN(c3cc(-n4cccc4)nc(C)n3)CC2)s1. The number of sulfonamides is 1. The fraction of sp³-hybridized carbons (Fsp3) is 0.350. The molecule has 3 aromatic heterocycles. The first-order chi connectivity index (χ1) is 14.8. The number of carbonyl (C=O) groups is 1. The van der Waals surface area contributed by atoms with Crippen molar-refractivity contribution in [2.45, 2.75) is 24.6 Å². The Morgan fingerprint density at radius 3 is 2.45 bits per heavy atom. The molecule has 1 fully saturated rings. The van der Waals surface area contributed by atoms with E-state index in [-0.39, 0.29) is 5.91 Å². The van der Waals surface area contributed by atoms with Gasteiger partial charge < -0.3 is 14.8 Å². The van der Waals surface area contributed by atoms with E-state index < -0.39 is 10.0 Å². The number of piperazine rings is 1. The Morgan fingerprint density at radius 1 is 1.10 bits per heavy atom. The Kier molecular flexibility index (Phi) is 6.08. The molecule has 1 saturated heterocycles. The predicted octanol–water partition coefficient (Wildman–Crippen LogP) is 1.78. The molecule has 0 atom stereocenters. The highest BCUT2D eigenvalue weighted by atomic mass is 32.2. The second kappa shape index (κ2) is 8.77. The number of aromatic nitrogens is 3. The lowest BCUT2D eigenvalue weighted by atomic mass is 10.3. The van der Waals surface area contributed by atoms with Gasteiger partial charge in [0.2, 0.25) is 5.91 Å². The molecule has 164 valence electrons. The summed E-state index contributed by atoms with van der Waals surface area (Å²) in [7, 11) is -3.56. The van der Waals surface area contributed by atoms with E-state index >= 15 is 0 Å². The lowest BCUT2D eigenvalue weighted by Gasteiger charge is -2.34. The quantitative estimate of drug-likeness (QED) is 0.602. The van der Waals surface area contributed by atoms with Gasteiger partial charge in [-0.3, -0.25) is 4.79 Å². The number of anilines is 1. The molecule has 0 saturated carbocycles. The van der Waals surface area contributed by atoms with Gasteiger partial charge in [-0.2, -0.15) is 4.31 Å². The highest BCUT2D eigenvalue weighted by molar-refractivity contribution is 7.91. The summed E-state index contributed by atoms with van der Waals surface area (Å²) in [6, 6.07) is 9.15. The molecule has 11 heteroatoms. The summed E-state index contributed by atoms with van der Waals surface area (Å²) in [5.74, 6) is 2.10. The number of rotatable bonds is 6. The monoisotopic (exact) mass is 460 g/mol. The molecule has 4 rings (SSSR count). The van der Waals surface area contributed by atoms with Crippen LogP contribution in [0.15, 0.2) is 46.9 Å². The topological polar surface area (TPSA) is 100 Å². The molecule has 4 heterocycles. The van der Waals surface area contributed by atoms with Crippen molar-refractivity contribution in [1.29, 1.82) is 0 Å². The number of thiophene rings is 1. The lowest BCUT2D eigenvalue weighted by molar-refractivity contribution is -0.119. The standard InChI is InChI=1S/C20H24N6O3S2/c1-15-22-18(24-7-3-4-8-24)13-19(23-15)25-9-11-26(12-10-25)31(28,29)20-6-5-17(30-20)14-21-16(2)27/h3-8,13H,9-12,14H2,1-2H3,(H,21,27). The maximum Gasteiger partial charge on any atom is 0.252 e. The van der Waals surface area contributed by atoms with E-state index in [1.54, 1.807) is 12.1 Å². The summed E-state index contributed by atoms with van der Waals surface area (Å²) in [6.45, 7) is 5.47. The first-order valence-corrected chi connectivity index (χ1v) is 12.2. The number of aryl methyl sites for hydroxylation is 1. The molecule has 3 aromatic rings. The van der Waals surface area contributed by atoms with Crippen LogP contribution < -0.4 is 10.2 Å². The third-order valence-corrected chi connectivity index (χ3v) is 8.44. The molecule has 0 bridgehead atoms. The Bertz CT molecular complexity index is 1170. The number of hydrogen-bond donors (Lipinski definition) is 1. The van der Waals surface area contributed by atoms with Crippen LogP contribution in [0, 0.1) is 6.92 Å². The Balaban J connectivity index is 1.44. The minimum atomic E-state index is -3.56. The van der Waals surface area contributed by atoms with Crippen molar-refractivity contribution in [3.63, 3.8) is 0 Å². The summed E-state index contributed by atoms with van der Waals surface area (Å²) in [4.78, 5) is 23.0. The molecule has 0 unspecified atom stereocenters. The van der Waals surface area contributed by atoms with Crippen LogP contribution in [0.3, 0.4) is 0 Å². The maximum atomic E-state index is 13.0. The zero-order chi connectivity index (χ0) is 22.0. The van der Waals surface area contributed by atoms with Crippen LogP contribution >= 0.6 is 11.3 Å². The highest BCUT2D eigenvalue weighted by Gasteiger charge is 2.30. The van der Waals surface area contributed by atoms with Gasteiger partial charge in [-0.05, 0) is 31.2 Å². The minimum absolute atomic E-state index is 0.145. The molecular formula is C20H24N6O3S2. The average molecular weight is 461 g/mol. The molecule has 1 amide bonds. The van der Waals surface area contributed by atoms with E-state index in [9.17, 15) is 13.2 Å². The third kappa shape index (κ3) is 4.78. The van der Waals surface area contributed by atoms with Gasteiger partial charge in [-0.25, -0.2) is 18.4 Å². The average Bonchev–Trinajstić information content (AvgIpc) is 3.44. The maximum absolute atomic E-state index is 13.0. The fourth-order valence-corrected chi connectivity index (χ4v) is 6.28. The molecule has 31 heavy (non-hydrogen) atoms. The minimum Gasteiger partial charge on any atom is -0.354 e. The first-order valence-electron chi connectivity index (χ1n) is 9.90. The van der Waals surface area contributed by atoms with E-state index in [0.29, 0.717) is 42.8 Å². The molecular weight excluding hydrogens is 436 g/mol. The lowest BCUT2D eigenvalue weighted by Crippen LogP contribution is -2.48. The van der Waals surface area contributed by atoms with Crippen molar-refractivity contribution >= 4 is 33.1 Å². The van der Waals surface area contributed by atoms with Crippen molar-refractivity contribution < 1.29 is 13.2 Å². The molecule has 0 spiro atoms. The Hall–Kier alpha value is -2.76. The molecule has 0 radical (unpaired) electrons. The first kappa shape index (κ1) is 21.5. The van der Waals surface area contributed by atoms with Crippen molar-refractivity contribution in [3.8, 4) is 5.82 Å². The summed E-state index contributed by atoms with van der Waals surface area (Å²) >= 11 is 1.19. The van der Waals surface area contributed by atoms with Gasteiger partial charge in [0, 0.05) is 56.4 Å². The third-order valence-electron chi connectivity index (χ3n) is 4.99. The number of nitrogens with zero attached hydrogens (tertiary/aromatic N) is 5. The van der Waals surface area contributed by atoms with Gasteiger partial charge in [0.05, 0.1) is 6.54 Å². The molecule has 0 aromatic carbocycles. The van der Waals surface area contributed by atoms with Gasteiger partial charge in [0.25, 0.3) is 10.0 Å². The Labute approximate surface area is 185 Å². The van der Waals surface area contributed by atoms with E-state index in [1.807, 2.05) is 42.1 Å². The number of hydrogen-bond acceptors (Lipinski definition) is 7. The normalized spacial score (nSPS) is 15.2. The smallest absolute Gasteiger partial charge is 0.252 e. The van der Waals surface area contributed by atoms with E-state index in [0.717, 1.165) is 16.5 Å². The zero-order valence-corrected chi connectivity index (χ0v) is 19.0. The van der Waals surface area contributed by atoms with Gasteiger partial charge in [0.15, 0.2) is 0 Å². The molecule has 9 nitrogen and oxygen atoms in total. The highest BCUT2D eigenvalue weighted by Crippen LogP contribution is 2.27. The second-order valence-corrected chi connectivity index (χ2v) is 10.6. The van der Waals surface area contributed by atoms with Crippen LogP contribution in [0.2, 0.25) is 0 Å². The second-order valence-electron chi connectivity index (χ2n) is 7.24. The Morgan fingerprint density at radius 2 is 1.77 bits per heavy atom. The summed E-state index contributed by atoms with van der Waals surface area (Å²) in [5, 5.41) is 2.69. The van der Waals surface area contributed by atoms with Gasteiger partial charge in [-0.1, -0.05) is 0 Å².